The van der Waals surface area contributed by atoms with Gasteiger partial charge in [-0.15, -0.1) is 0 Å². The molecule has 0 saturated carbocycles. The number of nitrogens with zero attached hydrogens (tertiary/aromatic N) is 4. The average Bonchev–Trinajstić information content (AvgIpc) is 3.60. The summed E-state index contributed by atoms with van der Waals surface area (Å²) in [6.07, 6.45) is 4.24. The van der Waals surface area contributed by atoms with Crippen molar-refractivity contribution in [3.63, 3.8) is 0 Å². The first-order valence-electron chi connectivity index (χ1n) is 11.4. The van der Waals surface area contributed by atoms with Gasteiger partial charge in [-0.3, -0.25) is 4.68 Å². The summed E-state index contributed by atoms with van der Waals surface area (Å²) in [6.45, 7) is 2.22. The van der Waals surface area contributed by atoms with E-state index in [9.17, 15) is 5.11 Å². The molecule has 0 radical (unpaired) electrons. The number of hydrogen-bond acceptors (Lipinski definition) is 8. The zero-order valence-electron chi connectivity index (χ0n) is 18.0. The van der Waals surface area contributed by atoms with Crippen molar-refractivity contribution in [1.29, 1.82) is 0 Å². The van der Waals surface area contributed by atoms with E-state index in [-0.39, 0.29) is 31.0 Å². The van der Waals surface area contributed by atoms with Gasteiger partial charge < -0.3 is 29.0 Å². The molecular weight excluding hydrogens is 450 g/mol. The molecule has 6 rings (SSSR count). The van der Waals surface area contributed by atoms with Gasteiger partial charge in [-0.1, -0.05) is 11.6 Å². The molecular formula is C22H26ClN5O5. The standard InChI is InChI=1S/C22H26ClN5O5/c23-14-8-16-21(26-22(25-16)33-18-11-32-19-17(29)10-31-20(18)19)24-15(14)4-3-12-5-6-28(27-12)9-13-2-1-7-30-13/h5-6,8,13,17-20,29H,1-4,7,9-11H2,(H,24,25,26)/t13?,17-,18-,19-,20-/m1/s1. The first-order valence-corrected chi connectivity index (χ1v) is 11.8. The Morgan fingerprint density at radius 1 is 1.18 bits per heavy atom. The van der Waals surface area contributed by atoms with Crippen molar-refractivity contribution in [3.8, 4) is 6.01 Å². The molecule has 3 aliphatic heterocycles. The van der Waals surface area contributed by atoms with Gasteiger partial charge in [0.2, 0.25) is 0 Å². The van der Waals surface area contributed by atoms with Crippen LogP contribution in [-0.4, -0.2) is 80.2 Å². The number of aromatic amines is 1. The van der Waals surface area contributed by atoms with Crippen LogP contribution in [0.15, 0.2) is 18.3 Å². The van der Waals surface area contributed by atoms with Crippen molar-refractivity contribution in [3.05, 3.63) is 34.7 Å². The van der Waals surface area contributed by atoms with Gasteiger partial charge in [-0.2, -0.15) is 10.1 Å². The van der Waals surface area contributed by atoms with Crippen LogP contribution in [0, 0.1) is 0 Å². The fraction of sp³-hybridized carbons (Fsp3) is 0.591. The van der Waals surface area contributed by atoms with E-state index >= 15 is 0 Å². The lowest BCUT2D eigenvalue weighted by atomic mass is 10.1. The number of nitrogens with one attached hydrogen (secondary N) is 1. The second-order valence-electron chi connectivity index (χ2n) is 8.81. The fourth-order valence-corrected chi connectivity index (χ4v) is 4.98. The first-order chi connectivity index (χ1) is 16.1. The van der Waals surface area contributed by atoms with Crippen LogP contribution < -0.4 is 4.74 Å². The number of aromatic nitrogens is 5. The second kappa shape index (κ2) is 8.84. The molecule has 176 valence electrons. The van der Waals surface area contributed by atoms with E-state index in [4.69, 9.17) is 30.5 Å². The predicted octanol–water partition coefficient (Wildman–Crippen LogP) is 1.68. The van der Waals surface area contributed by atoms with Gasteiger partial charge in [-0.25, -0.2) is 4.98 Å². The molecule has 3 aromatic rings. The first kappa shape index (κ1) is 21.3. The zero-order chi connectivity index (χ0) is 22.4. The highest BCUT2D eigenvalue weighted by atomic mass is 35.5. The number of imidazole rings is 1. The summed E-state index contributed by atoms with van der Waals surface area (Å²) in [5, 5.41) is 15.1. The smallest absolute Gasteiger partial charge is 0.296 e. The highest BCUT2D eigenvalue weighted by molar-refractivity contribution is 6.31. The fourth-order valence-electron chi connectivity index (χ4n) is 4.73. The van der Waals surface area contributed by atoms with Gasteiger partial charge >= 0.3 is 0 Å². The lowest BCUT2D eigenvalue weighted by molar-refractivity contribution is 0.00706. The van der Waals surface area contributed by atoms with E-state index in [0.29, 0.717) is 35.2 Å². The molecule has 10 nitrogen and oxygen atoms in total. The Labute approximate surface area is 195 Å². The number of aryl methyl sites for hydroxylation is 2. The van der Waals surface area contributed by atoms with E-state index in [1.807, 2.05) is 23.0 Å². The molecule has 11 heteroatoms. The molecule has 6 heterocycles. The Hall–Kier alpha value is -2.24. The van der Waals surface area contributed by atoms with Crippen molar-refractivity contribution in [2.75, 3.05) is 19.8 Å². The third-order valence-corrected chi connectivity index (χ3v) is 6.78. The number of aliphatic hydroxyl groups excluding tert-OH is 1. The molecule has 3 fully saturated rings. The Morgan fingerprint density at radius 2 is 2.09 bits per heavy atom. The summed E-state index contributed by atoms with van der Waals surface area (Å²) in [4.78, 5) is 12.2. The van der Waals surface area contributed by atoms with Gasteiger partial charge in [0.15, 0.2) is 11.8 Å². The number of halogens is 1. The van der Waals surface area contributed by atoms with Crippen LogP contribution in [0.5, 0.6) is 6.01 Å². The molecule has 0 aromatic carbocycles. The number of ether oxygens (including phenoxy) is 4. The van der Waals surface area contributed by atoms with Crippen LogP contribution >= 0.6 is 11.6 Å². The van der Waals surface area contributed by atoms with Crippen molar-refractivity contribution >= 4 is 22.8 Å². The van der Waals surface area contributed by atoms with Crippen LogP contribution in [0.1, 0.15) is 24.2 Å². The largest absolute Gasteiger partial charge is 0.456 e. The Bertz CT molecular complexity index is 1130. The summed E-state index contributed by atoms with van der Waals surface area (Å²) in [7, 11) is 0. The highest BCUT2D eigenvalue weighted by Crippen LogP contribution is 2.30. The molecule has 5 atom stereocenters. The Morgan fingerprint density at radius 3 is 2.97 bits per heavy atom. The molecule has 33 heavy (non-hydrogen) atoms. The van der Waals surface area contributed by atoms with Crippen molar-refractivity contribution in [2.24, 2.45) is 0 Å². The number of fused-ring (bicyclic) bond motifs is 2. The highest BCUT2D eigenvalue weighted by Gasteiger charge is 2.48. The van der Waals surface area contributed by atoms with Gasteiger partial charge in [0, 0.05) is 12.8 Å². The molecule has 0 aliphatic carbocycles. The predicted molar refractivity (Wildman–Crippen MR) is 117 cm³/mol. The third kappa shape index (κ3) is 4.33. The molecule has 3 aliphatic rings. The lowest BCUT2D eigenvalue weighted by Crippen LogP contribution is -2.34. The van der Waals surface area contributed by atoms with Crippen LogP contribution in [0.25, 0.3) is 11.2 Å². The monoisotopic (exact) mass is 475 g/mol. The van der Waals surface area contributed by atoms with Crippen LogP contribution in [0.4, 0.5) is 0 Å². The van der Waals surface area contributed by atoms with Gasteiger partial charge in [0.25, 0.3) is 6.01 Å². The van der Waals surface area contributed by atoms with Gasteiger partial charge in [-0.05, 0) is 37.8 Å². The molecule has 0 amide bonds. The third-order valence-electron chi connectivity index (χ3n) is 6.45. The van der Waals surface area contributed by atoms with Crippen LogP contribution in [0.2, 0.25) is 5.02 Å². The van der Waals surface area contributed by atoms with E-state index in [1.165, 1.54) is 0 Å². The number of pyridine rings is 1. The number of H-pyrrole nitrogens is 1. The quantitative estimate of drug-likeness (QED) is 0.530. The molecule has 1 unspecified atom stereocenters. The van der Waals surface area contributed by atoms with E-state index in [2.05, 4.69) is 20.1 Å². The summed E-state index contributed by atoms with van der Waals surface area (Å²) >= 11 is 6.50. The number of hydrogen-bond donors (Lipinski definition) is 2. The van der Waals surface area contributed by atoms with E-state index in [0.717, 1.165) is 43.8 Å². The molecule has 0 bridgehead atoms. The molecule has 3 saturated heterocycles. The maximum absolute atomic E-state index is 9.89. The van der Waals surface area contributed by atoms with Crippen molar-refractivity contribution < 1.29 is 24.1 Å². The maximum Gasteiger partial charge on any atom is 0.296 e. The van der Waals surface area contributed by atoms with Gasteiger partial charge in [0.1, 0.15) is 18.3 Å². The second-order valence-corrected chi connectivity index (χ2v) is 9.22. The zero-order valence-corrected chi connectivity index (χ0v) is 18.8. The summed E-state index contributed by atoms with van der Waals surface area (Å²) in [5.74, 6) is 0. The minimum Gasteiger partial charge on any atom is -0.456 e. The summed E-state index contributed by atoms with van der Waals surface area (Å²) in [6, 6.07) is 4.18. The van der Waals surface area contributed by atoms with Crippen LogP contribution in [-0.2, 0) is 33.6 Å². The number of rotatable bonds is 7. The Kier molecular flexibility index (Phi) is 5.71. The lowest BCUT2D eigenvalue weighted by Gasteiger charge is -2.15. The van der Waals surface area contributed by atoms with Crippen LogP contribution in [0.3, 0.4) is 0 Å². The summed E-state index contributed by atoms with van der Waals surface area (Å²) in [5.41, 5.74) is 2.99. The van der Waals surface area contributed by atoms with Gasteiger partial charge in [0.05, 0.1) is 47.8 Å². The average molecular weight is 476 g/mol. The maximum atomic E-state index is 9.89. The van der Waals surface area contributed by atoms with E-state index < -0.39 is 6.10 Å². The topological polar surface area (TPSA) is 117 Å². The van der Waals surface area contributed by atoms with Crippen molar-refractivity contribution in [1.82, 2.24) is 24.7 Å². The van der Waals surface area contributed by atoms with E-state index in [1.54, 1.807) is 0 Å². The minimum atomic E-state index is -0.621. The SMILES string of the molecule is O[C@@H]1CO[C@H]2[C@@H]1OC[C@H]2Oc1nc2nc(CCc3ccn(CC4CCCO4)n3)c(Cl)cc2[nH]1. The molecule has 2 N–H and O–H groups in total. The summed E-state index contributed by atoms with van der Waals surface area (Å²) < 4.78 is 24.8. The number of aliphatic hydroxyl groups is 1. The molecule has 0 spiro atoms. The van der Waals surface area contributed by atoms with Crippen molar-refractivity contribution in [2.45, 2.75) is 62.7 Å². The normalized spacial score (nSPS) is 29.2. The minimum absolute atomic E-state index is 0.252. The Balaban J connectivity index is 1.11. The molecule has 3 aromatic heterocycles.